The van der Waals surface area contributed by atoms with Crippen LogP contribution in [0.3, 0.4) is 0 Å². The standard InChI is InChI=1S/C26H31N5O/c1-19(32-20(2)28-27)18-26(3,4)16-10-12-21-11-9-15-23(17-21)25-24(29-31(5)30-25)22-13-7-6-8-14-22/h6-15,17H,1,16,18,27H2,2-5H3/b12-10+,28-20-. The van der Waals surface area contributed by atoms with Crippen molar-refractivity contribution in [3.05, 3.63) is 78.6 Å². The monoisotopic (exact) mass is 429 g/mol. The molecular weight excluding hydrogens is 398 g/mol. The van der Waals surface area contributed by atoms with E-state index in [-0.39, 0.29) is 5.41 Å². The third-order valence-corrected chi connectivity index (χ3v) is 5.05. The lowest BCUT2D eigenvalue weighted by Crippen LogP contribution is -2.13. The van der Waals surface area contributed by atoms with Gasteiger partial charge in [-0.15, -0.1) is 5.10 Å². The molecule has 0 fully saturated rings. The van der Waals surface area contributed by atoms with Crippen molar-refractivity contribution in [2.75, 3.05) is 0 Å². The molecule has 0 atom stereocenters. The molecule has 0 aliphatic carbocycles. The Morgan fingerprint density at radius 2 is 1.75 bits per heavy atom. The normalized spacial score (nSPS) is 12.3. The van der Waals surface area contributed by atoms with Gasteiger partial charge in [0.25, 0.3) is 0 Å². The molecule has 0 aliphatic heterocycles. The Kier molecular flexibility index (Phi) is 7.25. The molecule has 2 aromatic carbocycles. The van der Waals surface area contributed by atoms with Crippen LogP contribution in [0.15, 0.2) is 78.1 Å². The highest BCUT2D eigenvalue weighted by Gasteiger charge is 2.19. The van der Waals surface area contributed by atoms with Crippen LogP contribution in [-0.4, -0.2) is 20.9 Å². The van der Waals surface area contributed by atoms with E-state index in [4.69, 9.17) is 10.6 Å². The fourth-order valence-electron chi connectivity index (χ4n) is 3.57. The van der Waals surface area contributed by atoms with E-state index in [9.17, 15) is 0 Å². The molecule has 0 spiro atoms. The van der Waals surface area contributed by atoms with E-state index in [0.717, 1.165) is 34.5 Å². The number of rotatable bonds is 8. The van der Waals surface area contributed by atoms with Crippen LogP contribution < -0.4 is 5.84 Å². The number of allylic oxidation sites excluding steroid dienone is 2. The third-order valence-electron chi connectivity index (χ3n) is 5.05. The molecule has 0 unspecified atom stereocenters. The minimum atomic E-state index is -0.00848. The Morgan fingerprint density at radius 3 is 2.44 bits per heavy atom. The molecule has 0 radical (unpaired) electrons. The fraction of sp³-hybridized carbons (Fsp3) is 0.269. The first-order valence-corrected chi connectivity index (χ1v) is 10.6. The van der Waals surface area contributed by atoms with E-state index in [1.54, 1.807) is 11.7 Å². The van der Waals surface area contributed by atoms with Crippen molar-refractivity contribution in [1.82, 2.24) is 15.0 Å². The van der Waals surface area contributed by atoms with Gasteiger partial charge in [0.1, 0.15) is 11.4 Å². The predicted octanol–water partition coefficient (Wildman–Crippen LogP) is 5.79. The molecule has 6 heteroatoms. The highest BCUT2D eigenvalue weighted by molar-refractivity contribution is 5.78. The van der Waals surface area contributed by atoms with E-state index >= 15 is 0 Å². The summed E-state index contributed by atoms with van der Waals surface area (Å²) in [5.74, 6) is 6.30. The summed E-state index contributed by atoms with van der Waals surface area (Å²) in [6.45, 7) is 10.1. The van der Waals surface area contributed by atoms with Crippen LogP contribution in [0.2, 0.25) is 0 Å². The fourth-order valence-corrected chi connectivity index (χ4v) is 3.57. The van der Waals surface area contributed by atoms with Gasteiger partial charge in [0.05, 0.1) is 5.76 Å². The highest BCUT2D eigenvalue weighted by atomic mass is 16.5. The van der Waals surface area contributed by atoms with Crippen molar-refractivity contribution in [2.45, 2.75) is 33.6 Å². The van der Waals surface area contributed by atoms with Gasteiger partial charge in [-0.2, -0.15) is 15.0 Å². The van der Waals surface area contributed by atoms with Crippen molar-refractivity contribution in [1.29, 1.82) is 0 Å². The van der Waals surface area contributed by atoms with Crippen molar-refractivity contribution in [2.24, 2.45) is 23.4 Å². The summed E-state index contributed by atoms with van der Waals surface area (Å²) in [5.41, 5.74) is 4.95. The number of nitrogens with zero attached hydrogens (tertiary/aromatic N) is 4. The van der Waals surface area contributed by atoms with Gasteiger partial charge in [-0.05, 0) is 23.5 Å². The molecule has 2 N–H and O–H groups in total. The average molecular weight is 430 g/mol. The molecular formula is C26H31N5O. The quantitative estimate of drug-likeness (QED) is 0.162. The lowest BCUT2D eigenvalue weighted by atomic mass is 9.85. The van der Waals surface area contributed by atoms with E-state index in [1.807, 2.05) is 31.3 Å². The number of hydrogen-bond donors (Lipinski definition) is 1. The maximum Gasteiger partial charge on any atom is 0.208 e. The topological polar surface area (TPSA) is 78.3 Å². The maximum absolute atomic E-state index is 5.51. The summed E-state index contributed by atoms with van der Waals surface area (Å²) in [4.78, 5) is 1.62. The minimum Gasteiger partial charge on any atom is -0.447 e. The zero-order valence-electron chi connectivity index (χ0n) is 19.2. The molecule has 3 aromatic rings. The van der Waals surface area contributed by atoms with Gasteiger partial charge in [-0.1, -0.05) is 81.1 Å². The van der Waals surface area contributed by atoms with E-state index in [1.165, 1.54) is 0 Å². The van der Waals surface area contributed by atoms with Gasteiger partial charge in [0, 0.05) is 31.5 Å². The van der Waals surface area contributed by atoms with Gasteiger partial charge in [0.2, 0.25) is 5.90 Å². The lowest BCUT2D eigenvalue weighted by molar-refractivity contribution is 0.290. The first kappa shape index (κ1) is 23.0. The van der Waals surface area contributed by atoms with Crippen LogP contribution in [-0.2, 0) is 11.8 Å². The molecule has 166 valence electrons. The van der Waals surface area contributed by atoms with Gasteiger partial charge >= 0.3 is 0 Å². The summed E-state index contributed by atoms with van der Waals surface area (Å²) in [6, 6.07) is 18.5. The zero-order chi connectivity index (χ0) is 23.1. The SMILES string of the molecule is C=C(CC(C)(C)C/C=C/c1cccc(-c2nn(C)nc2-c2ccccc2)c1)O/C(C)=N\N. The molecule has 6 nitrogen and oxygen atoms in total. The van der Waals surface area contributed by atoms with Crippen molar-refractivity contribution in [3.8, 4) is 22.5 Å². The second-order valence-electron chi connectivity index (χ2n) is 8.61. The Bertz CT molecular complexity index is 1130. The first-order chi connectivity index (χ1) is 15.3. The summed E-state index contributed by atoms with van der Waals surface area (Å²) in [7, 11) is 1.85. The van der Waals surface area contributed by atoms with Crippen molar-refractivity contribution >= 4 is 12.0 Å². The molecule has 0 bridgehead atoms. The molecule has 0 saturated heterocycles. The third kappa shape index (κ3) is 6.17. The smallest absolute Gasteiger partial charge is 0.208 e. The van der Waals surface area contributed by atoms with Gasteiger partial charge in [-0.25, -0.2) is 0 Å². The maximum atomic E-state index is 5.51. The minimum absolute atomic E-state index is 0.00848. The van der Waals surface area contributed by atoms with Crippen LogP contribution >= 0.6 is 0 Å². The van der Waals surface area contributed by atoms with E-state index in [2.05, 4.69) is 78.2 Å². The Hall–Kier alpha value is -3.67. The van der Waals surface area contributed by atoms with Gasteiger partial charge in [0.15, 0.2) is 0 Å². The Morgan fingerprint density at radius 1 is 1.09 bits per heavy atom. The average Bonchev–Trinajstić information content (AvgIpc) is 3.15. The number of aryl methyl sites for hydroxylation is 1. The number of benzene rings is 2. The number of nitrogens with two attached hydrogens (primary N) is 1. The molecule has 0 aliphatic rings. The van der Waals surface area contributed by atoms with Crippen LogP contribution in [0.4, 0.5) is 0 Å². The molecule has 1 aromatic heterocycles. The second kappa shape index (κ2) is 10.1. The van der Waals surface area contributed by atoms with Gasteiger partial charge in [-0.3, -0.25) is 0 Å². The largest absolute Gasteiger partial charge is 0.447 e. The van der Waals surface area contributed by atoms with E-state index in [0.29, 0.717) is 18.1 Å². The second-order valence-corrected chi connectivity index (χ2v) is 8.61. The summed E-state index contributed by atoms with van der Waals surface area (Å²) in [6.07, 6.45) is 5.91. The predicted molar refractivity (Wildman–Crippen MR) is 131 cm³/mol. The van der Waals surface area contributed by atoms with Crippen LogP contribution in [0.1, 0.15) is 39.2 Å². The number of hydrogen-bond acceptors (Lipinski definition) is 5. The summed E-state index contributed by atoms with van der Waals surface area (Å²) >= 11 is 0. The van der Waals surface area contributed by atoms with Crippen molar-refractivity contribution in [3.63, 3.8) is 0 Å². The van der Waals surface area contributed by atoms with Gasteiger partial charge < -0.3 is 10.6 Å². The molecule has 0 saturated carbocycles. The molecule has 1 heterocycles. The molecule has 0 amide bonds. The molecule has 3 rings (SSSR count). The highest BCUT2D eigenvalue weighted by Crippen LogP contribution is 2.31. The Labute approximate surface area is 190 Å². The summed E-state index contributed by atoms with van der Waals surface area (Å²) < 4.78 is 5.51. The number of aromatic nitrogens is 3. The molecule has 32 heavy (non-hydrogen) atoms. The number of hydrazone groups is 1. The van der Waals surface area contributed by atoms with Crippen LogP contribution in [0.5, 0.6) is 0 Å². The first-order valence-electron chi connectivity index (χ1n) is 10.6. The van der Waals surface area contributed by atoms with Crippen molar-refractivity contribution < 1.29 is 4.74 Å². The number of ether oxygens (including phenoxy) is 1. The lowest BCUT2D eigenvalue weighted by Gasteiger charge is -2.23. The summed E-state index contributed by atoms with van der Waals surface area (Å²) in [5, 5.41) is 12.7. The van der Waals surface area contributed by atoms with Crippen LogP contribution in [0, 0.1) is 5.41 Å². The van der Waals surface area contributed by atoms with E-state index < -0.39 is 0 Å². The Balaban J connectivity index is 1.74. The zero-order valence-corrected chi connectivity index (χ0v) is 19.2. The van der Waals surface area contributed by atoms with Crippen LogP contribution in [0.25, 0.3) is 28.6 Å².